The van der Waals surface area contributed by atoms with Crippen LogP contribution in [0.5, 0.6) is 0 Å². The summed E-state index contributed by atoms with van der Waals surface area (Å²) in [4.78, 5) is 4.58. The van der Waals surface area contributed by atoms with Gasteiger partial charge in [0.05, 0.1) is 5.01 Å². The zero-order valence-corrected chi connectivity index (χ0v) is 14.3. The Hall–Kier alpha value is -0.410. The zero-order chi connectivity index (χ0) is 14.5. The molecule has 2 nitrogen and oxygen atoms in total. The third kappa shape index (κ3) is 4.29. The Morgan fingerprint density at radius 2 is 1.86 bits per heavy atom. The van der Waals surface area contributed by atoms with Crippen LogP contribution in [0.25, 0.3) is 0 Å². The summed E-state index contributed by atoms with van der Waals surface area (Å²) in [5.41, 5.74) is 1.17. The minimum Gasteiger partial charge on any atom is -0.313 e. The van der Waals surface area contributed by atoms with Gasteiger partial charge in [0.25, 0.3) is 0 Å². The van der Waals surface area contributed by atoms with Gasteiger partial charge in [-0.15, -0.1) is 11.3 Å². The Labute approximate surface area is 133 Å². The molecule has 0 saturated heterocycles. The first kappa shape index (κ1) is 15.5. The van der Waals surface area contributed by atoms with Gasteiger partial charge in [0, 0.05) is 30.1 Å². The lowest BCUT2D eigenvalue weighted by Gasteiger charge is -2.39. The first-order chi connectivity index (χ1) is 10.3. The average molecular weight is 307 g/mol. The van der Waals surface area contributed by atoms with Gasteiger partial charge >= 0.3 is 0 Å². The summed E-state index contributed by atoms with van der Waals surface area (Å²) in [6.07, 6.45) is 14.3. The van der Waals surface area contributed by atoms with E-state index in [0.29, 0.717) is 0 Å². The molecule has 3 heteroatoms. The SMILES string of the molecule is Cc1csc(CCNC2CCCCC2C2CCCCC2)n1. The fourth-order valence-corrected chi connectivity index (χ4v) is 5.20. The Kier molecular flexibility index (Phi) is 5.70. The highest BCUT2D eigenvalue weighted by Gasteiger charge is 2.31. The van der Waals surface area contributed by atoms with E-state index in [1.165, 1.54) is 68.5 Å². The summed E-state index contributed by atoms with van der Waals surface area (Å²) in [5.74, 6) is 1.97. The van der Waals surface area contributed by atoms with Crippen molar-refractivity contribution < 1.29 is 0 Å². The summed E-state index contributed by atoms with van der Waals surface area (Å²) >= 11 is 1.81. The maximum atomic E-state index is 4.58. The Bertz CT molecular complexity index is 423. The van der Waals surface area contributed by atoms with Crippen LogP contribution in [0, 0.1) is 18.8 Å². The van der Waals surface area contributed by atoms with E-state index in [1.54, 1.807) is 0 Å². The van der Waals surface area contributed by atoms with Crippen LogP contribution in [0.15, 0.2) is 5.38 Å². The number of aryl methyl sites for hydroxylation is 1. The molecule has 2 unspecified atom stereocenters. The largest absolute Gasteiger partial charge is 0.313 e. The van der Waals surface area contributed by atoms with Gasteiger partial charge in [-0.2, -0.15) is 0 Å². The molecule has 0 aliphatic heterocycles. The molecule has 3 rings (SSSR count). The van der Waals surface area contributed by atoms with Crippen LogP contribution in [0.1, 0.15) is 68.5 Å². The predicted molar refractivity (Wildman–Crippen MR) is 90.9 cm³/mol. The van der Waals surface area contributed by atoms with Crippen LogP contribution >= 0.6 is 11.3 Å². The van der Waals surface area contributed by atoms with E-state index in [9.17, 15) is 0 Å². The van der Waals surface area contributed by atoms with Crippen molar-refractivity contribution in [3.8, 4) is 0 Å². The molecule has 0 amide bonds. The molecule has 0 bridgehead atoms. The molecule has 0 aromatic carbocycles. The van der Waals surface area contributed by atoms with Gasteiger partial charge in [-0.05, 0) is 31.6 Å². The van der Waals surface area contributed by atoms with Crippen molar-refractivity contribution in [1.82, 2.24) is 10.3 Å². The Morgan fingerprint density at radius 3 is 2.62 bits per heavy atom. The molecule has 21 heavy (non-hydrogen) atoms. The molecule has 118 valence electrons. The number of hydrogen-bond donors (Lipinski definition) is 1. The molecule has 0 spiro atoms. The number of thiazole rings is 1. The summed E-state index contributed by atoms with van der Waals surface area (Å²) < 4.78 is 0. The zero-order valence-electron chi connectivity index (χ0n) is 13.4. The van der Waals surface area contributed by atoms with Gasteiger partial charge < -0.3 is 5.32 Å². The first-order valence-electron chi connectivity index (χ1n) is 8.97. The summed E-state index contributed by atoms with van der Waals surface area (Å²) in [5, 5.41) is 7.36. The second kappa shape index (κ2) is 7.73. The van der Waals surface area contributed by atoms with Crippen LogP contribution in [0.2, 0.25) is 0 Å². The van der Waals surface area contributed by atoms with Crippen molar-refractivity contribution in [2.45, 2.75) is 77.2 Å². The quantitative estimate of drug-likeness (QED) is 0.851. The molecule has 2 atom stereocenters. The van der Waals surface area contributed by atoms with Crippen molar-refractivity contribution in [3.05, 3.63) is 16.1 Å². The van der Waals surface area contributed by atoms with Crippen molar-refractivity contribution in [2.24, 2.45) is 11.8 Å². The molecule has 2 saturated carbocycles. The number of aromatic nitrogens is 1. The molecule has 2 aliphatic rings. The molecule has 1 aromatic rings. The number of nitrogens with one attached hydrogen (secondary N) is 1. The van der Waals surface area contributed by atoms with Crippen LogP contribution in [-0.2, 0) is 6.42 Å². The van der Waals surface area contributed by atoms with E-state index in [0.717, 1.165) is 30.8 Å². The van der Waals surface area contributed by atoms with E-state index in [-0.39, 0.29) is 0 Å². The van der Waals surface area contributed by atoms with Gasteiger partial charge in [-0.1, -0.05) is 44.9 Å². The lowest BCUT2D eigenvalue weighted by Crippen LogP contribution is -2.43. The fraction of sp³-hybridized carbons (Fsp3) is 0.833. The summed E-state index contributed by atoms with van der Waals surface area (Å²) in [6.45, 7) is 3.20. The highest BCUT2D eigenvalue weighted by molar-refractivity contribution is 7.09. The topological polar surface area (TPSA) is 24.9 Å². The Morgan fingerprint density at radius 1 is 1.10 bits per heavy atom. The van der Waals surface area contributed by atoms with Crippen molar-refractivity contribution in [3.63, 3.8) is 0 Å². The Balaban J connectivity index is 1.49. The number of nitrogens with zero attached hydrogens (tertiary/aromatic N) is 1. The molecular formula is C18H30N2S. The smallest absolute Gasteiger partial charge is 0.0940 e. The van der Waals surface area contributed by atoms with Crippen LogP contribution < -0.4 is 5.32 Å². The first-order valence-corrected chi connectivity index (χ1v) is 9.85. The van der Waals surface area contributed by atoms with Gasteiger partial charge in [0.1, 0.15) is 0 Å². The maximum Gasteiger partial charge on any atom is 0.0940 e. The minimum atomic E-state index is 0.780. The maximum absolute atomic E-state index is 4.58. The normalized spacial score (nSPS) is 27.9. The predicted octanol–water partition coefficient (Wildman–Crippen LogP) is 4.72. The lowest BCUT2D eigenvalue weighted by atomic mass is 9.71. The monoisotopic (exact) mass is 306 g/mol. The summed E-state index contributed by atoms with van der Waals surface area (Å²) in [6, 6.07) is 0.780. The van der Waals surface area contributed by atoms with E-state index >= 15 is 0 Å². The third-order valence-electron chi connectivity index (χ3n) is 5.49. The average Bonchev–Trinajstić information content (AvgIpc) is 2.94. The van der Waals surface area contributed by atoms with E-state index < -0.39 is 0 Å². The number of hydrogen-bond acceptors (Lipinski definition) is 3. The van der Waals surface area contributed by atoms with E-state index in [4.69, 9.17) is 0 Å². The van der Waals surface area contributed by atoms with Gasteiger partial charge in [0.2, 0.25) is 0 Å². The minimum absolute atomic E-state index is 0.780. The van der Waals surface area contributed by atoms with Gasteiger partial charge in [-0.3, -0.25) is 0 Å². The van der Waals surface area contributed by atoms with E-state index in [2.05, 4.69) is 22.6 Å². The molecule has 2 fully saturated rings. The van der Waals surface area contributed by atoms with Crippen LogP contribution in [0.4, 0.5) is 0 Å². The van der Waals surface area contributed by atoms with Gasteiger partial charge in [0.15, 0.2) is 0 Å². The molecule has 0 radical (unpaired) electrons. The van der Waals surface area contributed by atoms with Crippen molar-refractivity contribution in [1.29, 1.82) is 0 Å². The molecular weight excluding hydrogens is 276 g/mol. The molecule has 1 N–H and O–H groups in total. The van der Waals surface area contributed by atoms with Crippen molar-refractivity contribution >= 4 is 11.3 Å². The van der Waals surface area contributed by atoms with Crippen LogP contribution in [0.3, 0.4) is 0 Å². The van der Waals surface area contributed by atoms with Crippen LogP contribution in [-0.4, -0.2) is 17.6 Å². The second-order valence-electron chi connectivity index (χ2n) is 7.04. The van der Waals surface area contributed by atoms with Gasteiger partial charge in [-0.25, -0.2) is 4.98 Å². The number of rotatable bonds is 5. The highest BCUT2D eigenvalue weighted by Crippen LogP contribution is 2.38. The standard InChI is InChI=1S/C18H30N2S/c1-14-13-21-18(20-14)11-12-19-17-10-6-5-9-16(17)15-7-3-2-4-8-15/h13,15-17,19H,2-12H2,1H3. The summed E-state index contributed by atoms with van der Waals surface area (Å²) in [7, 11) is 0. The van der Waals surface area contributed by atoms with Crippen molar-refractivity contribution in [2.75, 3.05) is 6.54 Å². The third-order valence-corrected chi connectivity index (χ3v) is 6.51. The molecule has 2 aliphatic carbocycles. The molecule has 1 heterocycles. The second-order valence-corrected chi connectivity index (χ2v) is 7.98. The lowest BCUT2D eigenvalue weighted by molar-refractivity contribution is 0.150. The fourth-order valence-electron chi connectivity index (χ4n) is 4.42. The highest BCUT2D eigenvalue weighted by atomic mass is 32.1. The van der Waals surface area contributed by atoms with E-state index in [1.807, 2.05) is 11.3 Å². The molecule has 1 aromatic heterocycles.